The van der Waals surface area contributed by atoms with Gasteiger partial charge in [0.1, 0.15) is 5.75 Å². The molecule has 1 saturated carbocycles. The first kappa shape index (κ1) is 15.5. The van der Waals surface area contributed by atoms with Gasteiger partial charge in [-0.1, -0.05) is 12.1 Å². The minimum atomic E-state index is -0.408. The van der Waals surface area contributed by atoms with Gasteiger partial charge in [0.2, 0.25) is 11.8 Å². The zero-order chi connectivity index (χ0) is 16.9. The van der Waals surface area contributed by atoms with Gasteiger partial charge in [-0.05, 0) is 49.8 Å². The van der Waals surface area contributed by atoms with Gasteiger partial charge in [0.05, 0.1) is 24.5 Å². The first-order valence-electron chi connectivity index (χ1n) is 8.81. The van der Waals surface area contributed by atoms with Crippen LogP contribution in [0.2, 0.25) is 0 Å². The molecule has 2 heterocycles. The van der Waals surface area contributed by atoms with Crippen molar-refractivity contribution >= 4 is 11.8 Å². The lowest BCUT2D eigenvalue weighted by molar-refractivity contribution is -0.139. The maximum Gasteiger partial charge on any atom is 0.233 e. The van der Waals surface area contributed by atoms with E-state index >= 15 is 0 Å². The molecule has 2 atom stereocenters. The van der Waals surface area contributed by atoms with Gasteiger partial charge in [0, 0.05) is 13.1 Å². The number of carbonyl (C=O) groups excluding carboxylic acids is 2. The molecule has 2 saturated heterocycles. The average molecular weight is 328 g/mol. The van der Waals surface area contributed by atoms with E-state index in [1.165, 1.54) is 0 Å². The molecule has 0 radical (unpaired) electrons. The van der Waals surface area contributed by atoms with Crippen LogP contribution in [0.5, 0.6) is 5.75 Å². The molecular weight excluding hydrogens is 304 g/mol. The molecule has 5 heteroatoms. The van der Waals surface area contributed by atoms with Crippen LogP contribution in [0.1, 0.15) is 36.8 Å². The highest BCUT2D eigenvalue weighted by molar-refractivity contribution is 5.93. The van der Waals surface area contributed by atoms with E-state index in [-0.39, 0.29) is 23.8 Å². The van der Waals surface area contributed by atoms with E-state index in [4.69, 9.17) is 4.74 Å². The summed E-state index contributed by atoms with van der Waals surface area (Å²) in [5.74, 6) is 1.12. The standard InChI is InChI=1S/C19H24N2O3/c1-12-5-6-13(10-16(12)24-2)19(7-8-19)18(23)21-9-3-4-14-15(21)11-20-17(14)22/h5-6,10,14-15H,3-4,7-9,11H2,1-2H3,(H,20,22)/t14-,15-/m1/s1. The van der Waals surface area contributed by atoms with Crippen molar-refractivity contribution in [2.45, 2.75) is 44.1 Å². The Balaban J connectivity index is 1.63. The highest BCUT2D eigenvalue weighted by Gasteiger charge is 2.56. The molecule has 3 aliphatic rings. The van der Waals surface area contributed by atoms with E-state index in [9.17, 15) is 9.59 Å². The van der Waals surface area contributed by atoms with Crippen LogP contribution >= 0.6 is 0 Å². The Kier molecular flexibility index (Phi) is 3.55. The van der Waals surface area contributed by atoms with Crippen molar-refractivity contribution < 1.29 is 14.3 Å². The Bertz CT molecular complexity index is 696. The van der Waals surface area contributed by atoms with Gasteiger partial charge in [-0.2, -0.15) is 0 Å². The summed E-state index contributed by atoms with van der Waals surface area (Å²) in [7, 11) is 1.67. The fraction of sp³-hybridized carbons (Fsp3) is 0.579. The van der Waals surface area contributed by atoms with Crippen LogP contribution in [-0.2, 0) is 15.0 Å². The number of fused-ring (bicyclic) bond motifs is 1. The van der Waals surface area contributed by atoms with Crippen LogP contribution in [0.25, 0.3) is 0 Å². The summed E-state index contributed by atoms with van der Waals surface area (Å²) in [6, 6.07) is 6.13. The second kappa shape index (κ2) is 5.50. The number of amides is 2. The van der Waals surface area contributed by atoms with Crippen LogP contribution in [0.3, 0.4) is 0 Å². The predicted molar refractivity (Wildman–Crippen MR) is 89.9 cm³/mol. The van der Waals surface area contributed by atoms with Crippen molar-refractivity contribution in [3.8, 4) is 5.75 Å². The number of piperidine rings is 1. The number of hydrogen-bond donors (Lipinski definition) is 1. The number of ether oxygens (including phenoxy) is 1. The second-order valence-electron chi connectivity index (χ2n) is 7.33. The Morgan fingerprint density at radius 2 is 2.17 bits per heavy atom. The van der Waals surface area contributed by atoms with Gasteiger partial charge in [-0.3, -0.25) is 9.59 Å². The quantitative estimate of drug-likeness (QED) is 0.920. The van der Waals surface area contributed by atoms with Crippen molar-refractivity contribution in [3.63, 3.8) is 0 Å². The van der Waals surface area contributed by atoms with E-state index in [2.05, 4.69) is 11.4 Å². The predicted octanol–water partition coefficient (Wildman–Crippen LogP) is 1.77. The normalized spacial score (nSPS) is 27.4. The molecule has 3 fully saturated rings. The second-order valence-corrected chi connectivity index (χ2v) is 7.33. The Morgan fingerprint density at radius 1 is 1.38 bits per heavy atom. The van der Waals surface area contributed by atoms with Crippen LogP contribution in [0.15, 0.2) is 18.2 Å². The molecular formula is C19H24N2O3. The maximum absolute atomic E-state index is 13.4. The summed E-state index contributed by atoms with van der Waals surface area (Å²) in [5.41, 5.74) is 1.72. The molecule has 0 spiro atoms. The fourth-order valence-corrected chi connectivity index (χ4v) is 4.35. The Labute approximate surface area is 142 Å². The van der Waals surface area contributed by atoms with Crippen LogP contribution < -0.4 is 10.1 Å². The first-order valence-corrected chi connectivity index (χ1v) is 8.81. The molecule has 1 aromatic carbocycles. The molecule has 1 aliphatic carbocycles. The molecule has 1 aromatic rings. The molecule has 0 bridgehead atoms. The first-order chi connectivity index (χ1) is 11.6. The summed E-state index contributed by atoms with van der Waals surface area (Å²) in [6.07, 6.45) is 3.57. The number of carbonyl (C=O) groups is 2. The third kappa shape index (κ3) is 2.21. The smallest absolute Gasteiger partial charge is 0.233 e. The lowest BCUT2D eigenvalue weighted by atomic mass is 9.87. The summed E-state index contributed by atoms with van der Waals surface area (Å²) >= 11 is 0. The zero-order valence-electron chi connectivity index (χ0n) is 14.3. The van der Waals surface area contributed by atoms with Crippen molar-refractivity contribution in [2.75, 3.05) is 20.2 Å². The molecule has 2 amide bonds. The van der Waals surface area contributed by atoms with Crippen molar-refractivity contribution in [1.82, 2.24) is 10.2 Å². The number of hydrogen-bond acceptors (Lipinski definition) is 3. The monoisotopic (exact) mass is 328 g/mol. The largest absolute Gasteiger partial charge is 0.496 e. The Morgan fingerprint density at radius 3 is 2.88 bits per heavy atom. The molecule has 2 aliphatic heterocycles. The highest BCUT2D eigenvalue weighted by Crippen LogP contribution is 2.51. The summed E-state index contributed by atoms with van der Waals surface area (Å²) in [4.78, 5) is 27.3. The van der Waals surface area contributed by atoms with Gasteiger partial charge >= 0.3 is 0 Å². The fourth-order valence-electron chi connectivity index (χ4n) is 4.35. The molecule has 0 unspecified atom stereocenters. The number of methoxy groups -OCH3 is 1. The third-order valence-corrected chi connectivity index (χ3v) is 5.98. The van der Waals surface area contributed by atoms with Gasteiger partial charge in [0.25, 0.3) is 0 Å². The minimum Gasteiger partial charge on any atom is -0.496 e. The van der Waals surface area contributed by atoms with Crippen molar-refractivity contribution in [3.05, 3.63) is 29.3 Å². The van der Waals surface area contributed by atoms with E-state index in [0.29, 0.717) is 6.54 Å². The zero-order valence-corrected chi connectivity index (χ0v) is 14.3. The van der Waals surface area contributed by atoms with Crippen LogP contribution in [0, 0.1) is 12.8 Å². The van der Waals surface area contributed by atoms with Crippen molar-refractivity contribution in [2.24, 2.45) is 5.92 Å². The lowest BCUT2D eigenvalue weighted by Crippen LogP contribution is -2.52. The summed E-state index contributed by atoms with van der Waals surface area (Å²) < 4.78 is 5.44. The van der Waals surface area contributed by atoms with Gasteiger partial charge in [0.15, 0.2) is 0 Å². The lowest BCUT2D eigenvalue weighted by Gasteiger charge is -2.38. The number of rotatable bonds is 3. The number of likely N-dealkylation sites (tertiary alicyclic amines) is 1. The number of nitrogens with one attached hydrogen (secondary N) is 1. The molecule has 4 rings (SSSR count). The van der Waals surface area contributed by atoms with E-state index < -0.39 is 5.41 Å². The van der Waals surface area contributed by atoms with Gasteiger partial charge in [-0.25, -0.2) is 0 Å². The molecule has 5 nitrogen and oxygen atoms in total. The molecule has 1 N–H and O–H groups in total. The van der Waals surface area contributed by atoms with Crippen LogP contribution in [-0.4, -0.2) is 43.0 Å². The topological polar surface area (TPSA) is 58.6 Å². The van der Waals surface area contributed by atoms with E-state index in [0.717, 1.165) is 49.1 Å². The molecule has 128 valence electrons. The third-order valence-electron chi connectivity index (χ3n) is 5.98. The van der Waals surface area contributed by atoms with E-state index in [1.54, 1.807) is 7.11 Å². The minimum absolute atomic E-state index is 0.0222. The number of benzene rings is 1. The number of aryl methyl sites for hydroxylation is 1. The van der Waals surface area contributed by atoms with Crippen LogP contribution in [0.4, 0.5) is 0 Å². The van der Waals surface area contributed by atoms with E-state index in [1.807, 2.05) is 24.0 Å². The van der Waals surface area contributed by atoms with Crippen molar-refractivity contribution in [1.29, 1.82) is 0 Å². The molecule has 0 aromatic heterocycles. The van der Waals surface area contributed by atoms with Gasteiger partial charge < -0.3 is 15.0 Å². The summed E-state index contributed by atoms with van der Waals surface area (Å²) in [5, 5.41) is 2.93. The highest BCUT2D eigenvalue weighted by atomic mass is 16.5. The number of nitrogens with zero attached hydrogens (tertiary/aromatic N) is 1. The summed E-state index contributed by atoms with van der Waals surface area (Å²) in [6.45, 7) is 3.37. The maximum atomic E-state index is 13.4. The Hall–Kier alpha value is -2.04. The van der Waals surface area contributed by atoms with Gasteiger partial charge in [-0.15, -0.1) is 0 Å². The average Bonchev–Trinajstić information content (AvgIpc) is 3.33. The molecule has 24 heavy (non-hydrogen) atoms. The SMILES string of the molecule is COc1cc(C2(C(=O)N3CCC[C@H]4C(=O)NC[C@H]43)CC2)ccc1C.